The predicted octanol–water partition coefficient (Wildman–Crippen LogP) is -0.0173. The minimum absolute atomic E-state index is 0.134. The number of anilines is 2. The molecule has 1 fully saturated rings. The lowest BCUT2D eigenvalue weighted by molar-refractivity contribution is -0.384. The van der Waals surface area contributed by atoms with Crippen molar-refractivity contribution < 1.29 is 14.5 Å². The molecule has 0 aromatic carbocycles. The van der Waals surface area contributed by atoms with Crippen molar-refractivity contribution in [1.29, 1.82) is 0 Å². The molecule has 0 spiro atoms. The van der Waals surface area contributed by atoms with Crippen molar-refractivity contribution in [2.45, 2.75) is 6.04 Å². The van der Waals surface area contributed by atoms with Crippen LogP contribution in [0, 0.1) is 10.1 Å². The summed E-state index contributed by atoms with van der Waals surface area (Å²) in [5, 5.41) is 16.6. The summed E-state index contributed by atoms with van der Waals surface area (Å²) in [6.45, 7) is 0.914. The topological polar surface area (TPSA) is 110 Å². The van der Waals surface area contributed by atoms with Crippen LogP contribution in [0.15, 0.2) is 12.1 Å². The summed E-state index contributed by atoms with van der Waals surface area (Å²) in [4.78, 5) is 28.5. The van der Waals surface area contributed by atoms with Crippen molar-refractivity contribution in [3.63, 3.8) is 0 Å². The van der Waals surface area contributed by atoms with Crippen LogP contribution in [-0.2, 0) is 9.53 Å². The maximum Gasteiger partial charge on any atom is 0.311 e. The Hall–Kier alpha value is -2.42. The first-order valence-electron chi connectivity index (χ1n) is 6.47. The van der Waals surface area contributed by atoms with Gasteiger partial charge in [0.05, 0.1) is 18.1 Å². The van der Waals surface area contributed by atoms with Crippen molar-refractivity contribution in [1.82, 2.24) is 10.3 Å². The molecule has 9 heteroatoms. The fourth-order valence-corrected chi connectivity index (χ4v) is 2.18. The highest BCUT2D eigenvalue weighted by Gasteiger charge is 2.34. The quantitative estimate of drug-likeness (QED) is 0.593. The Morgan fingerprint density at radius 2 is 2.29 bits per heavy atom. The van der Waals surface area contributed by atoms with Crippen LogP contribution in [0.4, 0.5) is 17.3 Å². The van der Waals surface area contributed by atoms with Crippen molar-refractivity contribution in [3.8, 4) is 0 Å². The number of hydrogen-bond acceptors (Lipinski definition) is 7. The summed E-state index contributed by atoms with van der Waals surface area (Å²) in [6.07, 6.45) is 0. The zero-order valence-electron chi connectivity index (χ0n) is 11.8. The number of carbonyl (C=O) groups is 1. The molecule has 9 nitrogen and oxygen atoms in total. The van der Waals surface area contributed by atoms with Gasteiger partial charge >= 0.3 is 5.69 Å². The maximum absolute atomic E-state index is 11.9. The fourth-order valence-electron chi connectivity index (χ4n) is 2.18. The third-order valence-electron chi connectivity index (χ3n) is 3.26. The standard InChI is InChI=1S/C12H17N5O4/c1-13-10-4-3-8(17(19)20)11(15-10)16-5-6-21-7-9(16)12(18)14-2/h3-4,9H,5-7H2,1-2H3,(H,13,15)(H,14,18). The minimum atomic E-state index is -0.637. The molecule has 1 aliphatic heterocycles. The van der Waals surface area contributed by atoms with E-state index in [1.165, 1.54) is 19.2 Å². The van der Waals surface area contributed by atoms with E-state index >= 15 is 0 Å². The van der Waals surface area contributed by atoms with Gasteiger partial charge in [0.2, 0.25) is 11.7 Å². The highest BCUT2D eigenvalue weighted by Crippen LogP contribution is 2.30. The second kappa shape index (κ2) is 6.35. The van der Waals surface area contributed by atoms with E-state index in [0.29, 0.717) is 19.0 Å². The van der Waals surface area contributed by atoms with E-state index in [1.807, 2.05) is 0 Å². The largest absolute Gasteiger partial charge is 0.377 e. The predicted molar refractivity (Wildman–Crippen MR) is 76.5 cm³/mol. The molecule has 0 aliphatic carbocycles. The Balaban J connectivity index is 2.45. The number of ether oxygens (including phenoxy) is 1. The molecule has 1 saturated heterocycles. The molecule has 21 heavy (non-hydrogen) atoms. The average molecular weight is 295 g/mol. The highest BCUT2D eigenvalue weighted by molar-refractivity contribution is 5.86. The first kappa shape index (κ1) is 15.0. The average Bonchev–Trinajstić information content (AvgIpc) is 2.53. The van der Waals surface area contributed by atoms with E-state index in [2.05, 4.69) is 15.6 Å². The molecule has 1 atom stereocenters. The fraction of sp³-hybridized carbons (Fsp3) is 0.500. The second-order valence-corrected chi connectivity index (χ2v) is 4.44. The summed E-state index contributed by atoms with van der Waals surface area (Å²) >= 11 is 0. The molecule has 0 radical (unpaired) electrons. The number of morpholine rings is 1. The van der Waals surface area contributed by atoms with E-state index in [9.17, 15) is 14.9 Å². The van der Waals surface area contributed by atoms with Crippen LogP contribution in [0.1, 0.15) is 0 Å². The van der Waals surface area contributed by atoms with Crippen molar-refractivity contribution in [2.75, 3.05) is 44.1 Å². The lowest BCUT2D eigenvalue weighted by Crippen LogP contribution is -2.53. The van der Waals surface area contributed by atoms with Crippen molar-refractivity contribution in [2.24, 2.45) is 0 Å². The number of nitrogens with zero attached hydrogens (tertiary/aromatic N) is 3. The Kier molecular flexibility index (Phi) is 4.53. The molecule has 1 unspecified atom stereocenters. The first-order valence-corrected chi connectivity index (χ1v) is 6.47. The van der Waals surface area contributed by atoms with Gasteiger partial charge in [0.15, 0.2) is 0 Å². The van der Waals surface area contributed by atoms with Crippen molar-refractivity contribution >= 4 is 23.2 Å². The number of nitro groups is 1. The third-order valence-corrected chi connectivity index (χ3v) is 3.26. The van der Waals surface area contributed by atoms with E-state index in [0.717, 1.165) is 0 Å². The molecule has 1 amide bonds. The molecular weight excluding hydrogens is 278 g/mol. The number of pyridine rings is 1. The van der Waals surface area contributed by atoms with E-state index < -0.39 is 11.0 Å². The summed E-state index contributed by atoms with van der Waals surface area (Å²) in [5.74, 6) is 0.405. The Morgan fingerprint density at radius 3 is 2.90 bits per heavy atom. The monoisotopic (exact) mass is 295 g/mol. The zero-order valence-corrected chi connectivity index (χ0v) is 11.8. The highest BCUT2D eigenvalue weighted by atomic mass is 16.6. The van der Waals surface area contributed by atoms with Gasteiger partial charge in [-0.3, -0.25) is 14.9 Å². The van der Waals surface area contributed by atoms with Gasteiger partial charge in [-0.25, -0.2) is 4.98 Å². The molecule has 1 aliphatic rings. The summed E-state index contributed by atoms with van der Waals surface area (Å²) in [5.41, 5.74) is -0.134. The smallest absolute Gasteiger partial charge is 0.311 e. The number of hydrogen-bond donors (Lipinski definition) is 2. The maximum atomic E-state index is 11.9. The van der Waals surface area contributed by atoms with E-state index in [1.54, 1.807) is 11.9 Å². The van der Waals surface area contributed by atoms with Gasteiger partial charge in [-0.1, -0.05) is 0 Å². The van der Waals surface area contributed by atoms with Gasteiger partial charge in [0.1, 0.15) is 11.9 Å². The van der Waals surface area contributed by atoms with Crippen LogP contribution in [-0.4, -0.2) is 55.7 Å². The van der Waals surface area contributed by atoms with Crippen LogP contribution in [0.2, 0.25) is 0 Å². The minimum Gasteiger partial charge on any atom is -0.377 e. The first-order chi connectivity index (χ1) is 10.1. The Labute approximate surface area is 121 Å². The van der Waals surface area contributed by atoms with Gasteiger partial charge in [-0.15, -0.1) is 0 Å². The number of rotatable bonds is 4. The third kappa shape index (κ3) is 3.02. The van der Waals surface area contributed by atoms with Gasteiger partial charge in [-0.2, -0.15) is 0 Å². The molecular formula is C12H17N5O4. The molecule has 2 rings (SSSR count). The number of likely N-dealkylation sites (N-methyl/N-ethyl adjacent to an activating group) is 1. The molecule has 2 N–H and O–H groups in total. The van der Waals surface area contributed by atoms with Crippen molar-refractivity contribution in [3.05, 3.63) is 22.2 Å². The Morgan fingerprint density at radius 1 is 1.52 bits per heavy atom. The van der Waals surface area contributed by atoms with Gasteiger partial charge in [0.25, 0.3) is 0 Å². The Bertz CT molecular complexity index is 550. The second-order valence-electron chi connectivity index (χ2n) is 4.44. The van der Waals surface area contributed by atoms with Gasteiger partial charge in [0, 0.05) is 26.7 Å². The van der Waals surface area contributed by atoms with E-state index in [-0.39, 0.29) is 24.0 Å². The van der Waals surface area contributed by atoms with Gasteiger partial charge in [-0.05, 0) is 6.07 Å². The number of aromatic nitrogens is 1. The van der Waals surface area contributed by atoms with Crippen LogP contribution in [0.3, 0.4) is 0 Å². The molecule has 0 saturated carbocycles. The molecule has 1 aromatic heterocycles. The van der Waals surface area contributed by atoms with Crippen LogP contribution < -0.4 is 15.5 Å². The van der Waals surface area contributed by atoms with Crippen LogP contribution in [0.25, 0.3) is 0 Å². The SMILES string of the molecule is CNC(=O)C1COCCN1c1nc(NC)ccc1[N+](=O)[O-]. The molecule has 1 aromatic rings. The zero-order chi connectivity index (χ0) is 15.4. The summed E-state index contributed by atoms with van der Waals surface area (Å²) in [6, 6.07) is 2.27. The summed E-state index contributed by atoms with van der Waals surface area (Å²) in [7, 11) is 3.19. The lowest BCUT2D eigenvalue weighted by atomic mass is 10.2. The van der Waals surface area contributed by atoms with Gasteiger partial charge < -0.3 is 20.3 Å². The molecule has 0 bridgehead atoms. The molecule has 114 valence electrons. The number of carbonyl (C=O) groups excluding carboxylic acids is 1. The molecule has 2 heterocycles. The number of nitrogens with one attached hydrogen (secondary N) is 2. The summed E-state index contributed by atoms with van der Waals surface area (Å²) < 4.78 is 5.30. The van der Waals surface area contributed by atoms with Crippen LogP contribution >= 0.6 is 0 Å². The normalized spacial score (nSPS) is 18.2. The lowest BCUT2D eigenvalue weighted by Gasteiger charge is -2.34. The van der Waals surface area contributed by atoms with E-state index in [4.69, 9.17) is 4.74 Å². The number of amides is 1. The van der Waals surface area contributed by atoms with Crippen LogP contribution in [0.5, 0.6) is 0 Å².